The molecule has 0 aromatic carbocycles. The Morgan fingerprint density at radius 3 is 3.00 bits per heavy atom. The summed E-state index contributed by atoms with van der Waals surface area (Å²) in [6.07, 6.45) is 3.29. The zero-order valence-corrected chi connectivity index (χ0v) is 7.57. The topological polar surface area (TPSA) is 29.0 Å². The van der Waals surface area contributed by atoms with Gasteiger partial charge in [-0.1, -0.05) is 0 Å². The quantitative estimate of drug-likeness (QED) is 0.654. The van der Waals surface area contributed by atoms with Crippen LogP contribution in [0.3, 0.4) is 0 Å². The molecule has 1 aliphatic rings. The average Bonchev–Trinajstić information content (AvgIpc) is 2.52. The Balaban J connectivity index is 2.16. The van der Waals surface area contributed by atoms with Crippen LogP contribution in [-0.4, -0.2) is 29.2 Å². The van der Waals surface area contributed by atoms with E-state index in [-0.39, 0.29) is 0 Å². The maximum atomic E-state index is 12.9. The van der Waals surface area contributed by atoms with Gasteiger partial charge in [-0.05, 0) is 13.3 Å². The molecule has 0 radical (unpaired) electrons. The number of aryl methyl sites for hydroxylation is 1. The number of nitrogens with zero attached hydrogens (tertiary/aromatic N) is 3. The molecule has 1 aliphatic heterocycles. The average molecular weight is 181 g/mol. The zero-order valence-electron chi connectivity index (χ0n) is 7.57. The summed E-state index contributed by atoms with van der Waals surface area (Å²) in [5.41, 5.74) is 0.875. The van der Waals surface area contributed by atoms with Crippen molar-refractivity contribution >= 4 is 5.82 Å². The van der Waals surface area contributed by atoms with E-state index in [2.05, 4.69) is 9.97 Å². The van der Waals surface area contributed by atoms with Crippen LogP contribution in [0.1, 0.15) is 12.1 Å². The maximum absolute atomic E-state index is 12.9. The van der Waals surface area contributed by atoms with E-state index in [0.29, 0.717) is 13.0 Å². The minimum atomic E-state index is -0.706. The Kier molecular flexibility index (Phi) is 2.12. The fraction of sp³-hybridized carbons (Fsp3) is 0.556. The van der Waals surface area contributed by atoms with E-state index in [1.165, 1.54) is 0 Å². The number of alkyl halides is 1. The monoisotopic (exact) mass is 181 g/mol. The Bertz CT molecular complexity index is 303. The first kappa shape index (κ1) is 8.41. The second kappa shape index (κ2) is 3.28. The molecule has 13 heavy (non-hydrogen) atoms. The Labute approximate surface area is 76.6 Å². The van der Waals surface area contributed by atoms with E-state index in [9.17, 15) is 4.39 Å². The summed E-state index contributed by atoms with van der Waals surface area (Å²) in [6, 6.07) is 0. The smallest absolute Gasteiger partial charge is 0.147 e. The third-order valence-electron chi connectivity index (χ3n) is 2.20. The summed E-state index contributed by atoms with van der Waals surface area (Å²) in [4.78, 5) is 10.2. The molecule has 1 aromatic heterocycles. The van der Waals surface area contributed by atoms with Gasteiger partial charge in [-0.15, -0.1) is 0 Å². The summed E-state index contributed by atoms with van der Waals surface area (Å²) in [5, 5.41) is 0. The van der Waals surface area contributed by atoms with E-state index < -0.39 is 6.17 Å². The predicted molar refractivity (Wildman–Crippen MR) is 48.5 cm³/mol. The van der Waals surface area contributed by atoms with E-state index >= 15 is 0 Å². The fourth-order valence-electron chi connectivity index (χ4n) is 1.53. The lowest BCUT2D eigenvalue weighted by atomic mass is 10.3. The molecule has 1 atom stereocenters. The van der Waals surface area contributed by atoms with Crippen LogP contribution in [-0.2, 0) is 0 Å². The first-order valence-electron chi connectivity index (χ1n) is 4.43. The van der Waals surface area contributed by atoms with Gasteiger partial charge in [0.15, 0.2) is 0 Å². The van der Waals surface area contributed by atoms with Crippen LogP contribution in [0.15, 0.2) is 12.4 Å². The predicted octanol–water partition coefficient (Wildman–Crippen LogP) is 1.33. The number of hydrogen-bond donors (Lipinski definition) is 0. The summed E-state index contributed by atoms with van der Waals surface area (Å²) >= 11 is 0. The van der Waals surface area contributed by atoms with Gasteiger partial charge in [0.2, 0.25) is 0 Å². The summed E-state index contributed by atoms with van der Waals surface area (Å²) in [6.45, 7) is 3.09. The lowest BCUT2D eigenvalue weighted by Gasteiger charge is -2.15. The molecule has 70 valence electrons. The molecule has 1 aromatic rings. The summed E-state index contributed by atoms with van der Waals surface area (Å²) in [7, 11) is 0. The highest BCUT2D eigenvalue weighted by Gasteiger charge is 2.22. The van der Waals surface area contributed by atoms with Crippen molar-refractivity contribution < 1.29 is 4.39 Å². The molecule has 1 fully saturated rings. The van der Waals surface area contributed by atoms with Gasteiger partial charge < -0.3 is 4.90 Å². The van der Waals surface area contributed by atoms with E-state index in [1.54, 1.807) is 12.4 Å². The van der Waals surface area contributed by atoms with Gasteiger partial charge in [-0.25, -0.2) is 9.37 Å². The van der Waals surface area contributed by atoms with Crippen LogP contribution < -0.4 is 4.90 Å². The molecule has 2 rings (SSSR count). The molecule has 1 unspecified atom stereocenters. The summed E-state index contributed by atoms with van der Waals surface area (Å²) in [5.74, 6) is 0.792. The third-order valence-corrected chi connectivity index (χ3v) is 2.20. The van der Waals surface area contributed by atoms with E-state index in [4.69, 9.17) is 0 Å². The van der Waals surface area contributed by atoms with Gasteiger partial charge in [0.1, 0.15) is 12.0 Å². The van der Waals surface area contributed by atoms with Gasteiger partial charge in [0.05, 0.1) is 18.4 Å². The molecule has 0 spiro atoms. The molecule has 2 heterocycles. The second-order valence-electron chi connectivity index (χ2n) is 3.35. The van der Waals surface area contributed by atoms with Gasteiger partial charge in [0, 0.05) is 12.7 Å². The molecule has 0 saturated carbocycles. The largest absolute Gasteiger partial charge is 0.352 e. The lowest BCUT2D eigenvalue weighted by Crippen LogP contribution is -2.21. The zero-order chi connectivity index (χ0) is 9.26. The van der Waals surface area contributed by atoms with Gasteiger partial charge >= 0.3 is 0 Å². The molecule has 1 saturated heterocycles. The van der Waals surface area contributed by atoms with Crippen molar-refractivity contribution in [2.24, 2.45) is 0 Å². The Hall–Kier alpha value is -1.19. The van der Waals surface area contributed by atoms with E-state index in [1.807, 2.05) is 11.8 Å². The van der Waals surface area contributed by atoms with Crippen LogP contribution >= 0.6 is 0 Å². The first-order chi connectivity index (χ1) is 6.25. The van der Waals surface area contributed by atoms with Crippen molar-refractivity contribution in [2.75, 3.05) is 18.0 Å². The van der Waals surface area contributed by atoms with Crippen LogP contribution in [0.2, 0.25) is 0 Å². The normalized spacial score (nSPS) is 22.3. The Morgan fingerprint density at radius 1 is 1.54 bits per heavy atom. The highest BCUT2D eigenvalue weighted by molar-refractivity contribution is 5.37. The van der Waals surface area contributed by atoms with Gasteiger partial charge in [0.25, 0.3) is 0 Å². The first-order valence-corrected chi connectivity index (χ1v) is 4.43. The van der Waals surface area contributed by atoms with Gasteiger partial charge in [-0.3, -0.25) is 4.98 Å². The van der Waals surface area contributed by atoms with Crippen LogP contribution in [0.4, 0.5) is 10.2 Å². The van der Waals surface area contributed by atoms with Crippen molar-refractivity contribution in [1.82, 2.24) is 9.97 Å². The van der Waals surface area contributed by atoms with Crippen LogP contribution in [0.25, 0.3) is 0 Å². The number of aromatic nitrogens is 2. The Morgan fingerprint density at radius 2 is 2.38 bits per heavy atom. The standard InChI is InChI=1S/C9H12FN3/c1-7-4-11-5-9(12-7)13-3-2-8(10)6-13/h4-5,8H,2-3,6H2,1H3. The minimum Gasteiger partial charge on any atom is -0.352 e. The molecular weight excluding hydrogens is 169 g/mol. The molecule has 0 aliphatic carbocycles. The molecule has 4 heteroatoms. The van der Waals surface area contributed by atoms with Crippen molar-refractivity contribution in [3.8, 4) is 0 Å². The van der Waals surface area contributed by atoms with Crippen molar-refractivity contribution in [2.45, 2.75) is 19.5 Å². The highest BCUT2D eigenvalue weighted by atomic mass is 19.1. The van der Waals surface area contributed by atoms with Crippen molar-refractivity contribution in [1.29, 1.82) is 0 Å². The lowest BCUT2D eigenvalue weighted by molar-refractivity contribution is 0.364. The van der Waals surface area contributed by atoms with Crippen LogP contribution in [0.5, 0.6) is 0 Å². The number of hydrogen-bond acceptors (Lipinski definition) is 3. The minimum absolute atomic E-state index is 0.456. The molecule has 3 nitrogen and oxygen atoms in total. The number of rotatable bonds is 1. The van der Waals surface area contributed by atoms with Crippen molar-refractivity contribution in [3.63, 3.8) is 0 Å². The molecule has 0 amide bonds. The molecule has 0 N–H and O–H groups in total. The number of halogens is 1. The summed E-state index contributed by atoms with van der Waals surface area (Å²) < 4.78 is 12.9. The second-order valence-corrected chi connectivity index (χ2v) is 3.35. The van der Waals surface area contributed by atoms with Crippen LogP contribution in [0, 0.1) is 6.92 Å². The SMILES string of the molecule is Cc1cncc(N2CCC(F)C2)n1. The molecular formula is C9H12FN3. The van der Waals surface area contributed by atoms with E-state index in [0.717, 1.165) is 18.1 Å². The fourth-order valence-corrected chi connectivity index (χ4v) is 1.53. The number of anilines is 1. The van der Waals surface area contributed by atoms with Crippen molar-refractivity contribution in [3.05, 3.63) is 18.1 Å². The maximum Gasteiger partial charge on any atom is 0.147 e. The van der Waals surface area contributed by atoms with Gasteiger partial charge in [-0.2, -0.15) is 0 Å². The third kappa shape index (κ3) is 1.76. The molecule has 0 bridgehead atoms. The highest BCUT2D eigenvalue weighted by Crippen LogP contribution is 2.18.